The molecule has 1 unspecified atom stereocenters. The molecule has 0 fully saturated rings. The molecular formula is C20H26N6O2. The normalized spacial score (nSPS) is 13.5. The van der Waals surface area contributed by atoms with Gasteiger partial charge in [0.1, 0.15) is 0 Å². The van der Waals surface area contributed by atoms with Gasteiger partial charge < -0.3 is 20.3 Å². The maximum absolute atomic E-state index is 5.57. The summed E-state index contributed by atoms with van der Waals surface area (Å²) in [5, 5.41) is 7.31. The van der Waals surface area contributed by atoms with E-state index in [-0.39, 0.29) is 11.9 Å². The zero-order valence-electron chi connectivity index (χ0n) is 16.6. The number of benzene rings is 1. The lowest BCUT2D eigenvalue weighted by Gasteiger charge is -2.31. The second kappa shape index (κ2) is 8.35. The van der Waals surface area contributed by atoms with Crippen LogP contribution >= 0.6 is 0 Å². The number of hydrogen-bond donors (Lipinski definition) is 2. The molecule has 0 bridgehead atoms. The smallest absolute Gasteiger partial charge is 0.321 e. The molecule has 0 aliphatic heterocycles. The van der Waals surface area contributed by atoms with E-state index in [4.69, 9.17) is 15.0 Å². The summed E-state index contributed by atoms with van der Waals surface area (Å²) in [6.45, 7) is 7.60. The van der Waals surface area contributed by atoms with Crippen LogP contribution in [0.3, 0.4) is 0 Å². The summed E-state index contributed by atoms with van der Waals surface area (Å²) in [5.74, 6) is 1.16. The Balaban J connectivity index is 1.88. The molecule has 0 saturated carbocycles. The standard InChI is InChI=1S/C20H26N6O2/c1-13(2)20(3,17-25-19(28-26-17)22-9-10-27-4)16-7-5-14(6-8-16)15-11-23-18(21)24-12-15/h5-8,11-13H,9-10H2,1-4H3,(H2,21,23,24)(H,22,25,26). The average Bonchev–Trinajstić information content (AvgIpc) is 3.17. The van der Waals surface area contributed by atoms with Crippen LogP contribution in [0.15, 0.2) is 41.2 Å². The van der Waals surface area contributed by atoms with Crippen LogP contribution in [0.5, 0.6) is 0 Å². The van der Waals surface area contributed by atoms with E-state index in [0.29, 0.717) is 25.0 Å². The van der Waals surface area contributed by atoms with Gasteiger partial charge in [-0.05, 0) is 24.0 Å². The van der Waals surface area contributed by atoms with Crippen molar-refractivity contribution in [2.75, 3.05) is 31.3 Å². The second-order valence-electron chi connectivity index (χ2n) is 7.11. The van der Waals surface area contributed by atoms with E-state index in [9.17, 15) is 0 Å². The van der Waals surface area contributed by atoms with E-state index >= 15 is 0 Å². The predicted octanol–water partition coefficient (Wildman–Crippen LogP) is 3.13. The monoisotopic (exact) mass is 382 g/mol. The molecule has 8 nitrogen and oxygen atoms in total. The Labute approximate surface area is 164 Å². The van der Waals surface area contributed by atoms with Crippen LogP contribution in [0, 0.1) is 5.92 Å². The molecule has 0 amide bonds. The number of ether oxygens (including phenoxy) is 1. The van der Waals surface area contributed by atoms with Gasteiger partial charge in [-0.1, -0.05) is 43.3 Å². The van der Waals surface area contributed by atoms with Gasteiger partial charge >= 0.3 is 6.01 Å². The van der Waals surface area contributed by atoms with E-state index < -0.39 is 5.41 Å². The van der Waals surface area contributed by atoms with Crippen LogP contribution in [0.25, 0.3) is 11.1 Å². The first-order chi connectivity index (χ1) is 13.4. The van der Waals surface area contributed by atoms with Crippen molar-refractivity contribution in [2.24, 2.45) is 5.92 Å². The quantitative estimate of drug-likeness (QED) is 0.572. The van der Waals surface area contributed by atoms with Crippen LogP contribution < -0.4 is 11.1 Å². The summed E-state index contributed by atoms with van der Waals surface area (Å²) in [7, 11) is 1.65. The molecule has 2 aromatic heterocycles. The van der Waals surface area contributed by atoms with Gasteiger partial charge in [0, 0.05) is 31.6 Å². The number of anilines is 2. The third-order valence-electron chi connectivity index (χ3n) is 5.12. The van der Waals surface area contributed by atoms with E-state index in [1.54, 1.807) is 19.5 Å². The van der Waals surface area contributed by atoms with Gasteiger partial charge in [0.25, 0.3) is 0 Å². The van der Waals surface area contributed by atoms with Crippen LogP contribution in [-0.4, -0.2) is 40.4 Å². The number of nitrogen functional groups attached to an aromatic ring is 1. The fourth-order valence-electron chi connectivity index (χ4n) is 2.98. The van der Waals surface area contributed by atoms with E-state index in [0.717, 1.165) is 16.7 Å². The highest BCUT2D eigenvalue weighted by Crippen LogP contribution is 2.38. The zero-order valence-corrected chi connectivity index (χ0v) is 16.6. The lowest BCUT2D eigenvalue weighted by atomic mass is 9.72. The Morgan fingerprint density at radius 3 is 2.43 bits per heavy atom. The molecule has 1 atom stereocenters. The summed E-state index contributed by atoms with van der Waals surface area (Å²) in [6, 6.07) is 8.65. The zero-order chi connectivity index (χ0) is 20.1. The fraction of sp³-hybridized carbons (Fsp3) is 0.400. The highest BCUT2D eigenvalue weighted by atomic mass is 16.5. The minimum absolute atomic E-state index is 0.252. The highest BCUT2D eigenvalue weighted by molar-refractivity contribution is 5.62. The van der Waals surface area contributed by atoms with Gasteiger partial charge in [0.05, 0.1) is 12.0 Å². The van der Waals surface area contributed by atoms with Gasteiger partial charge in [-0.15, -0.1) is 0 Å². The number of rotatable bonds is 8. The molecule has 0 aliphatic rings. The number of methoxy groups -OCH3 is 1. The summed E-state index contributed by atoms with van der Waals surface area (Å²) < 4.78 is 10.4. The average molecular weight is 382 g/mol. The summed E-state index contributed by atoms with van der Waals surface area (Å²) in [6.07, 6.45) is 3.44. The second-order valence-corrected chi connectivity index (χ2v) is 7.11. The number of nitrogens with one attached hydrogen (secondary N) is 1. The maximum atomic E-state index is 5.57. The SMILES string of the molecule is COCCNc1nc(C(C)(c2ccc(-c3cnc(N)nc3)cc2)C(C)C)no1. The Hall–Kier alpha value is -3.00. The predicted molar refractivity (Wildman–Crippen MR) is 108 cm³/mol. The Bertz CT molecular complexity index is 892. The first-order valence-corrected chi connectivity index (χ1v) is 9.20. The Morgan fingerprint density at radius 2 is 1.82 bits per heavy atom. The first-order valence-electron chi connectivity index (χ1n) is 9.20. The molecule has 3 aromatic rings. The van der Waals surface area contributed by atoms with Crippen molar-refractivity contribution in [1.82, 2.24) is 20.1 Å². The van der Waals surface area contributed by atoms with Crippen molar-refractivity contribution in [3.63, 3.8) is 0 Å². The van der Waals surface area contributed by atoms with E-state index in [1.807, 2.05) is 12.1 Å². The third-order valence-corrected chi connectivity index (χ3v) is 5.12. The minimum atomic E-state index is -0.402. The molecule has 8 heteroatoms. The Morgan fingerprint density at radius 1 is 1.14 bits per heavy atom. The van der Waals surface area contributed by atoms with Gasteiger partial charge in [-0.2, -0.15) is 4.98 Å². The van der Waals surface area contributed by atoms with Crippen LogP contribution in [-0.2, 0) is 10.2 Å². The van der Waals surface area contributed by atoms with Crippen LogP contribution in [0.1, 0.15) is 32.2 Å². The highest BCUT2D eigenvalue weighted by Gasteiger charge is 2.37. The minimum Gasteiger partial charge on any atom is -0.383 e. The third kappa shape index (κ3) is 3.96. The molecular weight excluding hydrogens is 356 g/mol. The van der Waals surface area contributed by atoms with Crippen molar-refractivity contribution in [1.29, 1.82) is 0 Å². The van der Waals surface area contributed by atoms with Crippen molar-refractivity contribution < 1.29 is 9.26 Å². The van der Waals surface area contributed by atoms with E-state index in [2.05, 4.69) is 58.3 Å². The lowest BCUT2D eigenvalue weighted by molar-refractivity contribution is 0.210. The summed E-state index contributed by atoms with van der Waals surface area (Å²) in [4.78, 5) is 12.7. The molecule has 3 rings (SSSR count). The number of aromatic nitrogens is 4. The summed E-state index contributed by atoms with van der Waals surface area (Å²) in [5.41, 5.74) is 8.20. The number of nitrogens with zero attached hydrogens (tertiary/aromatic N) is 4. The lowest BCUT2D eigenvalue weighted by Crippen LogP contribution is -2.31. The first kappa shape index (κ1) is 19.8. The molecule has 148 valence electrons. The molecule has 2 heterocycles. The molecule has 28 heavy (non-hydrogen) atoms. The largest absolute Gasteiger partial charge is 0.383 e. The van der Waals surface area contributed by atoms with Gasteiger partial charge in [-0.25, -0.2) is 9.97 Å². The van der Waals surface area contributed by atoms with Crippen molar-refractivity contribution >= 4 is 12.0 Å². The molecule has 1 aromatic carbocycles. The van der Waals surface area contributed by atoms with Crippen molar-refractivity contribution in [2.45, 2.75) is 26.2 Å². The molecule has 0 radical (unpaired) electrons. The van der Waals surface area contributed by atoms with Gasteiger partial charge in [0.15, 0.2) is 5.82 Å². The molecule has 3 N–H and O–H groups in total. The summed E-state index contributed by atoms with van der Waals surface area (Å²) >= 11 is 0. The topological polar surface area (TPSA) is 112 Å². The van der Waals surface area contributed by atoms with Crippen LogP contribution in [0.4, 0.5) is 12.0 Å². The maximum Gasteiger partial charge on any atom is 0.321 e. The van der Waals surface area contributed by atoms with Crippen molar-refractivity contribution in [3.8, 4) is 11.1 Å². The molecule has 0 aliphatic carbocycles. The van der Waals surface area contributed by atoms with Crippen molar-refractivity contribution in [3.05, 3.63) is 48.0 Å². The number of nitrogens with two attached hydrogens (primary N) is 1. The fourth-order valence-corrected chi connectivity index (χ4v) is 2.98. The van der Waals surface area contributed by atoms with Gasteiger partial charge in [-0.3, -0.25) is 0 Å². The number of hydrogen-bond acceptors (Lipinski definition) is 8. The van der Waals surface area contributed by atoms with Gasteiger partial charge in [0.2, 0.25) is 5.95 Å². The van der Waals surface area contributed by atoms with Crippen LogP contribution in [0.2, 0.25) is 0 Å². The molecule has 0 saturated heterocycles. The Kier molecular flexibility index (Phi) is 5.89. The molecule has 0 spiro atoms. The van der Waals surface area contributed by atoms with E-state index in [1.165, 1.54) is 0 Å².